The topological polar surface area (TPSA) is 46.3 Å². The first-order valence-electron chi connectivity index (χ1n) is 6.73. The molecule has 3 nitrogen and oxygen atoms in total. The molecule has 0 bridgehead atoms. The van der Waals surface area contributed by atoms with E-state index >= 15 is 0 Å². The van der Waals surface area contributed by atoms with Crippen molar-refractivity contribution in [1.82, 2.24) is 4.90 Å². The number of rotatable bonds is 2. The maximum absolute atomic E-state index is 12.5. The molecule has 3 heteroatoms. The number of nitrogens with two attached hydrogens (primary N) is 1. The Bertz CT molecular complexity index is 436. The van der Waals surface area contributed by atoms with Gasteiger partial charge in [-0.15, -0.1) is 0 Å². The number of carbonyl (C=O) groups is 1. The Morgan fingerprint density at radius 3 is 2.61 bits per heavy atom. The molecule has 0 spiro atoms. The Kier molecular flexibility index (Phi) is 3.90. The standard InChI is InChI=1S/C15H22N2O/c1-11-8-9-12(16)10-14(11)15(18)17(2)13-6-4-3-5-7-13/h8-10,13H,3-7,16H2,1-2H3. The molecule has 0 aromatic heterocycles. The largest absolute Gasteiger partial charge is 0.399 e. The molecule has 0 atom stereocenters. The zero-order valence-corrected chi connectivity index (χ0v) is 11.3. The number of hydrogen-bond acceptors (Lipinski definition) is 2. The van der Waals surface area contributed by atoms with Crippen molar-refractivity contribution < 1.29 is 4.79 Å². The maximum Gasteiger partial charge on any atom is 0.254 e. The Hall–Kier alpha value is -1.51. The van der Waals surface area contributed by atoms with Gasteiger partial charge in [-0.05, 0) is 37.5 Å². The summed E-state index contributed by atoms with van der Waals surface area (Å²) in [5.41, 5.74) is 8.16. The van der Waals surface area contributed by atoms with Crippen molar-refractivity contribution in [3.63, 3.8) is 0 Å². The minimum absolute atomic E-state index is 0.103. The average molecular weight is 246 g/mol. The lowest BCUT2D eigenvalue weighted by Gasteiger charge is -2.31. The van der Waals surface area contributed by atoms with Gasteiger partial charge in [0.2, 0.25) is 0 Å². The van der Waals surface area contributed by atoms with Crippen LogP contribution in [0.1, 0.15) is 48.0 Å². The van der Waals surface area contributed by atoms with E-state index in [9.17, 15) is 4.79 Å². The molecule has 1 aromatic rings. The smallest absolute Gasteiger partial charge is 0.254 e. The zero-order valence-electron chi connectivity index (χ0n) is 11.3. The van der Waals surface area contributed by atoms with Crippen molar-refractivity contribution in [2.45, 2.75) is 45.1 Å². The molecule has 2 rings (SSSR count). The number of benzene rings is 1. The lowest BCUT2D eigenvalue weighted by atomic mass is 9.94. The Morgan fingerprint density at radius 2 is 1.94 bits per heavy atom. The fourth-order valence-electron chi connectivity index (χ4n) is 2.69. The predicted octanol–water partition coefficient (Wildman–Crippen LogP) is 2.98. The van der Waals surface area contributed by atoms with Gasteiger partial charge in [0.25, 0.3) is 5.91 Å². The van der Waals surface area contributed by atoms with E-state index in [-0.39, 0.29) is 5.91 Å². The molecule has 0 heterocycles. The van der Waals surface area contributed by atoms with Gasteiger partial charge in [0, 0.05) is 24.3 Å². The average Bonchev–Trinajstić information content (AvgIpc) is 2.41. The minimum Gasteiger partial charge on any atom is -0.399 e. The number of anilines is 1. The number of carbonyl (C=O) groups excluding carboxylic acids is 1. The number of aryl methyl sites for hydroxylation is 1. The van der Waals surface area contributed by atoms with E-state index in [4.69, 9.17) is 5.73 Å². The number of hydrogen-bond donors (Lipinski definition) is 1. The Morgan fingerprint density at radius 1 is 1.28 bits per heavy atom. The van der Waals surface area contributed by atoms with Crippen molar-refractivity contribution in [1.29, 1.82) is 0 Å². The normalized spacial score (nSPS) is 16.6. The monoisotopic (exact) mass is 246 g/mol. The molecule has 2 N–H and O–H groups in total. The van der Waals surface area contributed by atoms with Crippen LogP contribution in [0.5, 0.6) is 0 Å². The van der Waals surface area contributed by atoms with Crippen LogP contribution >= 0.6 is 0 Å². The number of nitrogen functional groups attached to an aromatic ring is 1. The van der Waals surface area contributed by atoms with Crippen LogP contribution in [0, 0.1) is 6.92 Å². The fraction of sp³-hybridized carbons (Fsp3) is 0.533. The summed E-state index contributed by atoms with van der Waals surface area (Å²) in [5.74, 6) is 0.103. The summed E-state index contributed by atoms with van der Waals surface area (Å²) in [6.45, 7) is 1.96. The van der Waals surface area contributed by atoms with Gasteiger partial charge in [-0.25, -0.2) is 0 Å². The fourth-order valence-corrected chi connectivity index (χ4v) is 2.69. The maximum atomic E-state index is 12.5. The highest BCUT2D eigenvalue weighted by Crippen LogP contribution is 2.24. The van der Waals surface area contributed by atoms with Crippen LogP contribution in [0.3, 0.4) is 0 Å². The number of amides is 1. The molecule has 1 fully saturated rings. The molecular weight excluding hydrogens is 224 g/mol. The quantitative estimate of drug-likeness (QED) is 0.815. The van der Waals surface area contributed by atoms with Gasteiger partial charge >= 0.3 is 0 Å². The minimum atomic E-state index is 0.103. The van der Waals surface area contributed by atoms with E-state index < -0.39 is 0 Å². The Labute approximate surface area is 109 Å². The van der Waals surface area contributed by atoms with Crippen molar-refractivity contribution >= 4 is 11.6 Å². The van der Waals surface area contributed by atoms with Crippen LogP contribution in [0.4, 0.5) is 5.69 Å². The zero-order chi connectivity index (χ0) is 13.1. The van der Waals surface area contributed by atoms with Crippen molar-refractivity contribution in [2.24, 2.45) is 0 Å². The number of nitrogens with zero attached hydrogens (tertiary/aromatic N) is 1. The van der Waals surface area contributed by atoms with E-state index in [1.807, 2.05) is 31.0 Å². The van der Waals surface area contributed by atoms with Gasteiger partial charge in [0.15, 0.2) is 0 Å². The summed E-state index contributed by atoms with van der Waals surface area (Å²) < 4.78 is 0. The lowest BCUT2D eigenvalue weighted by molar-refractivity contribution is 0.0695. The summed E-state index contributed by atoms with van der Waals surface area (Å²) in [7, 11) is 1.92. The van der Waals surface area contributed by atoms with Crippen LogP contribution in [0.25, 0.3) is 0 Å². The van der Waals surface area contributed by atoms with Crippen molar-refractivity contribution in [3.05, 3.63) is 29.3 Å². The van der Waals surface area contributed by atoms with Crippen LogP contribution in [-0.4, -0.2) is 23.9 Å². The lowest BCUT2D eigenvalue weighted by Crippen LogP contribution is -2.38. The molecule has 1 aliphatic carbocycles. The summed E-state index contributed by atoms with van der Waals surface area (Å²) in [4.78, 5) is 14.4. The van der Waals surface area contributed by atoms with E-state index in [1.54, 1.807) is 6.07 Å². The first-order valence-corrected chi connectivity index (χ1v) is 6.73. The predicted molar refractivity (Wildman–Crippen MR) is 74.6 cm³/mol. The molecular formula is C15H22N2O. The second kappa shape index (κ2) is 5.42. The van der Waals surface area contributed by atoms with Gasteiger partial charge < -0.3 is 10.6 Å². The molecule has 0 aliphatic heterocycles. The second-order valence-electron chi connectivity index (χ2n) is 5.28. The van der Waals surface area contributed by atoms with Crippen molar-refractivity contribution in [2.75, 3.05) is 12.8 Å². The van der Waals surface area contributed by atoms with E-state index in [2.05, 4.69) is 0 Å². The first kappa shape index (κ1) is 12.9. The second-order valence-corrected chi connectivity index (χ2v) is 5.28. The highest BCUT2D eigenvalue weighted by atomic mass is 16.2. The summed E-state index contributed by atoms with van der Waals surface area (Å²) in [6.07, 6.45) is 6.03. The van der Waals surface area contributed by atoms with Crippen LogP contribution in [0.2, 0.25) is 0 Å². The molecule has 1 saturated carbocycles. The van der Waals surface area contributed by atoms with E-state index in [1.165, 1.54) is 19.3 Å². The molecule has 1 aromatic carbocycles. The van der Waals surface area contributed by atoms with E-state index in [0.29, 0.717) is 11.7 Å². The first-order chi connectivity index (χ1) is 8.59. The van der Waals surface area contributed by atoms with Gasteiger partial charge in [0.05, 0.1) is 0 Å². The molecule has 0 radical (unpaired) electrons. The third-order valence-corrected chi connectivity index (χ3v) is 3.93. The van der Waals surface area contributed by atoms with Gasteiger partial charge in [-0.1, -0.05) is 25.3 Å². The van der Waals surface area contributed by atoms with Crippen LogP contribution < -0.4 is 5.73 Å². The third-order valence-electron chi connectivity index (χ3n) is 3.93. The van der Waals surface area contributed by atoms with Crippen LogP contribution in [0.15, 0.2) is 18.2 Å². The summed E-state index contributed by atoms with van der Waals surface area (Å²) >= 11 is 0. The Balaban J connectivity index is 2.16. The highest BCUT2D eigenvalue weighted by Gasteiger charge is 2.23. The van der Waals surface area contributed by atoms with Gasteiger partial charge in [-0.3, -0.25) is 4.79 Å². The third kappa shape index (κ3) is 2.66. The molecule has 0 unspecified atom stereocenters. The molecule has 98 valence electrons. The highest BCUT2D eigenvalue weighted by molar-refractivity contribution is 5.96. The van der Waals surface area contributed by atoms with Gasteiger partial charge in [-0.2, -0.15) is 0 Å². The molecule has 1 amide bonds. The molecule has 18 heavy (non-hydrogen) atoms. The summed E-state index contributed by atoms with van der Waals surface area (Å²) in [5, 5.41) is 0. The summed E-state index contributed by atoms with van der Waals surface area (Å²) in [6, 6.07) is 5.94. The molecule has 0 saturated heterocycles. The van der Waals surface area contributed by atoms with E-state index in [0.717, 1.165) is 24.0 Å². The SMILES string of the molecule is Cc1ccc(N)cc1C(=O)N(C)C1CCCCC1. The van der Waals surface area contributed by atoms with Crippen molar-refractivity contribution in [3.8, 4) is 0 Å². The van der Waals surface area contributed by atoms with Crippen LogP contribution in [-0.2, 0) is 0 Å². The van der Waals surface area contributed by atoms with Gasteiger partial charge in [0.1, 0.15) is 0 Å². The molecule has 1 aliphatic rings.